The number of aryl methyl sites for hydroxylation is 2. The highest BCUT2D eigenvalue weighted by molar-refractivity contribution is 9.10. The van der Waals surface area contributed by atoms with E-state index >= 15 is 0 Å². The van der Waals surface area contributed by atoms with E-state index in [1.165, 1.54) is 4.90 Å². The molecule has 2 rings (SSSR count). The molecule has 0 N–H and O–H groups in total. The minimum atomic E-state index is 0.729. The molecule has 0 atom stereocenters. The summed E-state index contributed by atoms with van der Waals surface area (Å²) >= 11 is 11.4. The second-order valence-electron chi connectivity index (χ2n) is 3.72. The van der Waals surface area contributed by atoms with Gasteiger partial charge in [0.2, 0.25) is 0 Å². The van der Waals surface area contributed by atoms with E-state index in [-0.39, 0.29) is 0 Å². The first-order chi connectivity index (χ1) is 8.08. The quantitative estimate of drug-likeness (QED) is 0.774. The highest BCUT2D eigenvalue weighted by Crippen LogP contribution is 2.29. The molecule has 0 aliphatic rings. The Labute approximate surface area is 118 Å². The fraction of sp³-hybridized carbons (Fsp3) is 0.250. The number of rotatable bonds is 3. The van der Waals surface area contributed by atoms with Crippen molar-refractivity contribution in [1.82, 2.24) is 9.78 Å². The predicted molar refractivity (Wildman–Crippen MR) is 76.7 cm³/mol. The third-order valence-corrected chi connectivity index (χ3v) is 4.51. The molecule has 1 heterocycles. The van der Waals surface area contributed by atoms with Gasteiger partial charge in [-0.25, -0.2) is 0 Å². The van der Waals surface area contributed by atoms with Crippen LogP contribution in [0.1, 0.15) is 11.3 Å². The second-order valence-corrected chi connectivity index (χ2v) is 6.04. The van der Waals surface area contributed by atoms with Gasteiger partial charge >= 0.3 is 0 Å². The van der Waals surface area contributed by atoms with E-state index in [0.717, 1.165) is 26.6 Å². The van der Waals surface area contributed by atoms with Crippen molar-refractivity contribution in [1.29, 1.82) is 0 Å². The monoisotopic (exact) mass is 330 g/mol. The van der Waals surface area contributed by atoms with Crippen LogP contribution in [0.25, 0.3) is 0 Å². The van der Waals surface area contributed by atoms with Gasteiger partial charge in [0.25, 0.3) is 0 Å². The van der Waals surface area contributed by atoms with E-state index in [9.17, 15) is 0 Å². The van der Waals surface area contributed by atoms with Crippen molar-refractivity contribution in [3.63, 3.8) is 0 Å². The van der Waals surface area contributed by atoms with E-state index in [1.807, 2.05) is 26.1 Å². The highest BCUT2D eigenvalue weighted by atomic mass is 79.9. The van der Waals surface area contributed by atoms with Crippen molar-refractivity contribution in [2.24, 2.45) is 7.05 Å². The van der Waals surface area contributed by atoms with Crippen molar-refractivity contribution in [2.75, 3.05) is 0 Å². The summed E-state index contributed by atoms with van der Waals surface area (Å²) in [4.78, 5) is 1.23. The molecule has 0 aliphatic heterocycles. The van der Waals surface area contributed by atoms with Gasteiger partial charge in [0.05, 0.1) is 5.69 Å². The van der Waals surface area contributed by atoms with Crippen LogP contribution in [-0.2, 0) is 12.8 Å². The molecule has 1 aromatic carbocycles. The zero-order valence-electron chi connectivity index (χ0n) is 9.58. The molecule has 0 bridgehead atoms. The molecule has 0 radical (unpaired) electrons. The lowest BCUT2D eigenvalue weighted by atomic mass is 10.3. The van der Waals surface area contributed by atoms with E-state index in [0.29, 0.717) is 0 Å². The number of hydrogen-bond donors (Lipinski definition) is 0. The van der Waals surface area contributed by atoms with Crippen LogP contribution in [-0.4, -0.2) is 9.78 Å². The lowest BCUT2D eigenvalue weighted by molar-refractivity contribution is 0.757. The van der Waals surface area contributed by atoms with Gasteiger partial charge in [0.1, 0.15) is 5.15 Å². The smallest absolute Gasteiger partial charge is 0.131 e. The Morgan fingerprint density at radius 1 is 1.35 bits per heavy atom. The molecule has 17 heavy (non-hydrogen) atoms. The first-order valence-corrected chi connectivity index (χ1v) is 7.30. The van der Waals surface area contributed by atoms with Crippen molar-refractivity contribution < 1.29 is 0 Å². The summed E-state index contributed by atoms with van der Waals surface area (Å²) < 4.78 is 2.81. The number of halogens is 2. The van der Waals surface area contributed by atoms with Crippen LogP contribution in [0, 0.1) is 6.92 Å². The molecule has 0 saturated heterocycles. The molecular formula is C12H12BrClN2S. The normalized spacial score (nSPS) is 10.8. The van der Waals surface area contributed by atoms with Crippen molar-refractivity contribution in [3.05, 3.63) is 45.1 Å². The van der Waals surface area contributed by atoms with Crippen LogP contribution in [0.3, 0.4) is 0 Å². The Morgan fingerprint density at radius 3 is 2.53 bits per heavy atom. The lowest BCUT2D eigenvalue weighted by Crippen LogP contribution is -1.89. The minimum Gasteiger partial charge on any atom is -0.257 e. The van der Waals surface area contributed by atoms with Gasteiger partial charge in [0.15, 0.2) is 0 Å². The van der Waals surface area contributed by atoms with Gasteiger partial charge in [-0.3, -0.25) is 4.68 Å². The summed E-state index contributed by atoms with van der Waals surface area (Å²) in [6, 6.07) is 8.27. The standard InChI is InChI=1S/C12H12BrClN2S/c1-8-11(12(14)16(2)15-8)7-17-10-5-3-9(13)4-6-10/h3-6H,7H2,1-2H3. The summed E-state index contributed by atoms with van der Waals surface area (Å²) in [5.74, 6) is 0.847. The molecule has 0 aliphatic carbocycles. The average molecular weight is 332 g/mol. The summed E-state index contributed by atoms with van der Waals surface area (Å²) in [5, 5.41) is 5.03. The maximum Gasteiger partial charge on any atom is 0.131 e. The minimum absolute atomic E-state index is 0.729. The van der Waals surface area contributed by atoms with Gasteiger partial charge in [-0.15, -0.1) is 11.8 Å². The highest BCUT2D eigenvalue weighted by Gasteiger charge is 2.11. The molecule has 2 nitrogen and oxygen atoms in total. The van der Waals surface area contributed by atoms with E-state index in [4.69, 9.17) is 11.6 Å². The molecule has 5 heteroatoms. The predicted octanol–water partition coefficient (Wildman–Crippen LogP) is 4.44. The van der Waals surface area contributed by atoms with Crippen molar-refractivity contribution >= 4 is 39.3 Å². The fourth-order valence-corrected chi connectivity index (χ4v) is 3.09. The Morgan fingerprint density at radius 2 is 2.00 bits per heavy atom. The molecule has 0 unspecified atom stereocenters. The van der Waals surface area contributed by atoms with Crippen LogP contribution < -0.4 is 0 Å². The molecule has 1 aromatic heterocycles. The summed E-state index contributed by atoms with van der Waals surface area (Å²) in [5.41, 5.74) is 2.11. The second kappa shape index (κ2) is 5.46. The third-order valence-electron chi connectivity index (χ3n) is 2.47. The lowest BCUT2D eigenvalue weighted by Gasteiger charge is -2.02. The van der Waals surface area contributed by atoms with Crippen molar-refractivity contribution in [3.8, 4) is 0 Å². The van der Waals surface area contributed by atoms with Crippen LogP contribution in [0.4, 0.5) is 0 Å². The van der Waals surface area contributed by atoms with E-state index in [2.05, 4.69) is 33.2 Å². The summed E-state index contributed by atoms with van der Waals surface area (Å²) in [6.45, 7) is 1.99. The Kier molecular flexibility index (Phi) is 4.17. The Bertz CT molecular complexity index is 522. The Hall–Kier alpha value is -0.450. The number of thioether (sulfide) groups is 1. The fourth-order valence-electron chi connectivity index (χ4n) is 1.52. The molecule has 0 amide bonds. The van der Waals surface area contributed by atoms with Crippen LogP contribution in [0.5, 0.6) is 0 Å². The number of hydrogen-bond acceptors (Lipinski definition) is 2. The summed E-state index contributed by atoms with van der Waals surface area (Å²) in [7, 11) is 1.86. The number of nitrogens with zero attached hydrogens (tertiary/aromatic N) is 2. The number of aromatic nitrogens is 2. The molecule has 2 aromatic rings. The maximum absolute atomic E-state index is 6.19. The van der Waals surface area contributed by atoms with Gasteiger partial charge in [-0.05, 0) is 31.2 Å². The third kappa shape index (κ3) is 3.06. The SMILES string of the molecule is Cc1nn(C)c(Cl)c1CSc1ccc(Br)cc1. The first kappa shape index (κ1) is 13.0. The zero-order chi connectivity index (χ0) is 12.4. The van der Waals surface area contributed by atoms with E-state index < -0.39 is 0 Å². The molecule has 90 valence electrons. The van der Waals surface area contributed by atoms with Gasteiger partial charge in [0, 0.05) is 27.7 Å². The van der Waals surface area contributed by atoms with Gasteiger partial charge < -0.3 is 0 Å². The first-order valence-electron chi connectivity index (χ1n) is 5.14. The Balaban J connectivity index is 2.09. The molecule has 0 spiro atoms. The largest absolute Gasteiger partial charge is 0.257 e. The van der Waals surface area contributed by atoms with Crippen molar-refractivity contribution in [2.45, 2.75) is 17.6 Å². The molecule has 0 saturated carbocycles. The molecular weight excluding hydrogens is 320 g/mol. The van der Waals surface area contributed by atoms with Crippen LogP contribution in [0.2, 0.25) is 5.15 Å². The molecule has 0 fully saturated rings. The van der Waals surface area contributed by atoms with Crippen LogP contribution in [0.15, 0.2) is 33.6 Å². The average Bonchev–Trinajstić information content (AvgIpc) is 2.54. The van der Waals surface area contributed by atoms with Gasteiger partial charge in [-0.2, -0.15) is 5.10 Å². The topological polar surface area (TPSA) is 17.8 Å². The summed E-state index contributed by atoms with van der Waals surface area (Å²) in [6.07, 6.45) is 0. The zero-order valence-corrected chi connectivity index (χ0v) is 12.7. The van der Waals surface area contributed by atoms with Gasteiger partial charge in [-0.1, -0.05) is 27.5 Å². The van der Waals surface area contributed by atoms with E-state index in [1.54, 1.807) is 16.4 Å². The number of benzene rings is 1. The van der Waals surface area contributed by atoms with Crippen LogP contribution >= 0.6 is 39.3 Å². The maximum atomic E-state index is 6.19.